The molecular weight excluding hydrogens is 698 g/mol. The van der Waals surface area contributed by atoms with E-state index in [2.05, 4.69) is 0 Å². The van der Waals surface area contributed by atoms with Crippen LogP contribution in [0.1, 0.15) is 0 Å². The monoisotopic (exact) mass is 710 g/mol. The minimum absolute atomic E-state index is 0. The number of hydrogen-bond donors (Lipinski definition) is 0. The van der Waals surface area contributed by atoms with E-state index in [0.29, 0.717) is 0 Å². The summed E-state index contributed by atoms with van der Waals surface area (Å²) in [5, 5.41) is 0. The molecule has 6 nitrogen and oxygen atoms in total. The standard InChI is InChI=1S/2Bi.6H2O.W/h;;6*1H2;. The Morgan fingerprint density at radius 3 is 0.333 bits per heavy atom. The van der Waals surface area contributed by atoms with Crippen molar-refractivity contribution in [3.63, 3.8) is 0 Å². The fourth-order valence-electron chi connectivity index (χ4n) is 0. The molecule has 0 aromatic rings. The molecule has 0 aromatic carbocycles. The average Bonchev–Trinajstić information content (AvgIpc) is 0. The van der Waals surface area contributed by atoms with Crippen LogP contribution >= 0.6 is 0 Å². The van der Waals surface area contributed by atoms with Crippen molar-refractivity contribution in [2.24, 2.45) is 0 Å². The van der Waals surface area contributed by atoms with Crippen LogP contribution < -0.4 is 0 Å². The van der Waals surface area contributed by atoms with E-state index < -0.39 is 0 Å². The summed E-state index contributed by atoms with van der Waals surface area (Å²) in [7, 11) is 0. The topological polar surface area (TPSA) is 189 Å². The molecule has 0 rings (SSSR count). The molecule has 0 atom stereocenters. The SMILES string of the molecule is O.O.O.O.O.O.[Bi].[Bi].[W]. The summed E-state index contributed by atoms with van der Waals surface area (Å²) in [4.78, 5) is 0. The summed E-state index contributed by atoms with van der Waals surface area (Å²) in [5.41, 5.74) is 0. The summed E-state index contributed by atoms with van der Waals surface area (Å²) >= 11 is 0. The zero-order valence-electron chi connectivity index (χ0n) is 4.30. The minimum atomic E-state index is 0. The predicted octanol–water partition coefficient (Wildman–Crippen LogP) is -5.71. The van der Waals surface area contributed by atoms with Crippen molar-refractivity contribution in [3.05, 3.63) is 0 Å². The first-order chi connectivity index (χ1) is 0. The molecule has 0 aliphatic rings. The third-order valence-corrected chi connectivity index (χ3v) is 0. The van der Waals surface area contributed by atoms with Gasteiger partial charge in [0.15, 0.2) is 0 Å². The van der Waals surface area contributed by atoms with Gasteiger partial charge in [0.2, 0.25) is 0 Å². The van der Waals surface area contributed by atoms with Crippen molar-refractivity contribution >= 4 is 52.4 Å². The maximum atomic E-state index is 0. The summed E-state index contributed by atoms with van der Waals surface area (Å²) in [6.45, 7) is 0. The molecule has 0 bridgehead atoms. The second-order valence-corrected chi connectivity index (χ2v) is 0. The van der Waals surface area contributed by atoms with Crippen LogP contribution in [0.2, 0.25) is 0 Å². The van der Waals surface area contributed by atoms with Crippen molar-refractivity contribution in [2.75, 3.05) is 0 Å². The Morgan fingerprint density at radius 2 is 0.333 bits per heavy atom. The van der Waals surface area contributed by atoms with E-state index in [1.807, 2.05) is 0 Å². The molecule has 0 amide bonds. The molecule has 9 heavy (non-hydrogen) atoms. The smallest absolute Gasteiger partial charge is 0 e. The number of hydrogen-bond acceptors (Lipinski definition) is 0. The van der Waals surface area contributed by atoms with E-state index in [1.165, 1.54) is 0 Å². The Balaban J connectivity index is 0. The van der Waals surface area contributed by atoms with Gasteiger partial charge in [0.25, 0.3) is 0 Å². The normalized spacial score (nSPS) is 0. The first kappa shape index (κ1) is 239. The van der Waals surface area contributed by atoms with Crippen LogP contribution in [0.3, 0.4) is 0 Å². The third-order valence-electron chi connectivity index (χ3n) is 0. The van der Waals surface area contributed by atoms with Crippen LogP contribution in [-0.2, 0) is 21.1 Å². The van der Waals surface area contributed by atoms with Gasteiger partial charge in [-0.1, -0.05) is 0 Å². The maximum Gasteiger partial charge on any atom is 0 e. The summed E-state index contributed by atoms with van der Waals surface area (Å²) in [5.74, 6) is 0. The third kappa shape index (κ3) is 141. The second-order valence-electron chi connectivity index (χ2n) is 0. The van der Waals surface area contributed by atoms with Gasteiger partial charge in [-0.25, -0.2) is 0 Å². The number of rotatable bonds is 0. The van der Waals surface area contributed by atoms with E-state index in [0.717, 1.165) is 0 Å². The average molecular weight is 710 g/mol. The molecular formula is H12Bi2O6W. The van der Waals surface area contributed by atoms with Gasteiger partial charge < -0.3 is 32.9 Å². The zero-order chi connectivity index (χ0) is 0. The van der Waals surface area contributed by atoms with E-state index in [4.69, 9.17) is 0 Å². The summed E-state index contributed by atoms with van der Waals surface area (Å²) < 4.78 is 0. The Hall–Kier alpha value is 2.21. The molecule has 0 spiro atoms. The molecule has 0 saturated heterocycles. The quantitative estimate of drug-likeness (QED) is 0.217. The molecule has 0 aromatic heterocycles. The molecule has 0 unspecified atom stereocenters. The fraction of sp³-hybridized carbons (Fsp3) is 0. The molecule has 0 aliphatic carbocycles. The Kier molecular flexibility index (Phi) is 4690. The van der Waals surface area contributed by atoms with E-state index in [9.17, 15) is 0 Å². The first-order valence-corrected chi connectivity index (χ1v) is 0. The summed E-state index contributed by atoms with van der Waals surface area (Å²) in [6, 6.07) is 0. The maximum absolute atomic E-state index is 0. The molecule has 9 heteroatoms. The second kappa shape index (κ2) is 177. The largest absolute Gasteiger partial charge is 0.412 e. The Bertz CT molecular complexity index is 11.0. The van der Waals surface area contributed by atoms with Crippen LogP contribution in [0.5, 0.6) is 0 Å². The first-order valence-electron chi connectivity index (χ1n) is 0. The van der Waals surface area contributed by atoms with Gasteiger partial charge in [-0.3, -0.25) is 0 Å². The van der Waals surface area contributed by atoms with E-state index >= 15 is 0 Å². The van der Waals surface area contributed by atoms with Gasteiger partial charge in [0.1, 0.15) is 0 Å². The van der Waals surface area contributed by atoms with E-state index in [-0.39, 0.29) is 106 Å². The zero-order valence-corrected chi connectivity index (χ0v) is 14.2. The van der Waals surface area contributed by atoms with Crippen LogP contribution in [0, 0.1) is 0 Å². The van der Waals surface area contributed by atoms with Gasteiger partial charge in [0.05, 0.1) is 0 Å². The van der Waals surface area contributed by atoms with Crippen LogP contribution in [-0.4, -0.2) is 85.3 Å². The predicted molar refractivity (Wildman–Crippen MR) is 33.2 cm³/mol. The fourth-order valence-corrected chi connectivity index (χ4v) is 0. The molecule has 12 N–H and O–H groups in total. The van der Waals surface area contributed by atoms with Crippen molar-refractivity contribution in [1.29, 1.82) is 0 Å². The van der Waals surface area contributed by atoms with Crippen LogP contribution in [0.15, 0.2) is 0 Å². The molecule has 64 valence electrons. The van der Waals surface area contributed by atoms with Crippen LogP contribution in [0.4, 0.5) is 0 Å². The Labute approximate surface area is 105 Å². The van der Waals surface area contributed by atoms with Gasteiger partial charge in [-0.15, -0.1) is 0 Å². The van der Waals surface area contributed by atoms with Gasteiger partial charge in [-0.05, 0) is 0 Å². The molecule has 0 heterocycles. The van der Waals surface area contributed by atoms with Crippen molar-refractivity contribution in [2.45, 2.75) is 0 Å². The van der Waals surface area contributed by atoms with Gasteiger partial charge in [-0.2, -0.15) is 0 Å². The molecule has 6 radical (unpaired) electrons. The molecule has 0 fully saturated rings. The minimum Gasteiger partial charge on any atom is -0.412 e. The van der Waals surface area contributed by atoms with Crippen molar-refractivity contribution in [1.82, 2.24) is 0 Å². The van der Waals surface area contributed by atoms with Crippen molar-refractivity contribution < 1.29 is 53.9 Å². The van der Waals surface area contributed by atoms with Crippen LogP contribution in [0.25, 0.3) is 0 Å². The molecule has 0 aliphatic heterocycles. The van der Waals surface area contributed by atoms with Crippen molar-refractivity contribution in [3.8, 4) is 0 Å². The Morgan fingerprint density at radius 1 is 0.333 bits per heavy atom. The van der Waals surface area contributed by atoms with E-state index in [1.54, 1.807) is 0 Å². The molecule has 0 saturated carbocycles. The summed E-state index contributed by atoms with van der Waals surface area (Å²) in [6.07, 6.45) is 0. The van der Waals surface area contributed by atoms with Gasteiger partial charge >= 0.3 is 0 Å². The van der Waals surface area contributed by atoms with Gasteiger partial charge in [0, 0.05) is 73.5 Å².